The topological polar surface area (TPSA) is 26.3 Å². The molecular weight excluding hydrogens is 355 g/mol. The van der Waals surface area contributed by atoms with Crippen LogP contribution in [0.15, 0.2) is 18.2 Å². The third-order valence-electron chi connectivity index (χ3n) is 5.57. The fourth-order valence-electron chi connectivity index (χ4n) is 4.01. The first-order valence-electron chi connectivity index (χ1n) is 9.53. The molecule has 0 saturated heterocycles. The average Bonchev–Trinajstić information content (AvgIpc) is 2.59. The molecule has 2 rings (SSSR count). The maximum atomic E-state index is 12.5. The third-order valence-corrected chi connectivity index (χ3v) is 6.16. The highest BCUT2D eigenvalue weighted by molar-refractivity contribution is 6.35. The molecule has 0 aliphatic heterocycles. The lowest BCUT2D eigenvalue weighted by molar-refractivity contribution is -0.147. The second-order valence-corrected chi connectivity index (χ2v) is 8.35. The number of methoxy groups -OCH3 is 1. The van der Waals surface area contributed by atoms with Gasteiger partial charge in [-0.3, -0.25) is 4.79 Å². The van der Waals surface area contributed by atoms with Crippen LogP contribution in [0.1, 0.15) is 63.9 Å². The van der Waals surface area contributed by atoms with E-state index in [-0.39, 0.29) is 11.9 Å². The summed E-state index contributed by atoms with van der Waals surface area (Å²) in [5, 5.41) is 1.26. The van der Waals surface area contributed by atoms with Gasteiger partial charge in [-0.25, -0.2) is 0 Å². The monoisotopic (exact) mass is 384 g/mol. The number of ether oxygens (including phenoxy) is 1. The van der Waals surface area contributed by atoms with E-state index in [1.165, 1.54) is 45.6 Å². The van der Waals surface area contributed by atoms with Gasteiger partial charge in [0.15, 0.2) is 0 Å². The predicted octanol–water partition coefficient (Wildman–Crippen LogP) is 6.71. The Morgan fingerprint density at radius 1 is 1.12 bits per heavy atom. The highest BCUT2D eigenvalue weighted by Gasteiger charge is 2.30. The van der Waals surface area contributed by atoms with E-state index in [9.17, 15) is 4.79 Å². The van der Waals surface area contributed by atoms with Crippen molar-refractivity contribution < 1.29 is 9.53 Å². The van der Waals surface area contributed by atoms with Crippen molar-refractivity contribution in [2.24, 2.45) is 17.8 Å². The molecule has 25 heavy (non-hydrogen) atoms. The van der Waals surface area contributed by atoms with Gasteiger partial charge in [-0.1, -0.05) is 74.7 Å². The van der Waals surface area contributed by atoms with E-state index in [0.29, 0.717) is 22.4 Å². The van der Waals surface area contributed by atoms with Crippen LogP contribution in [-0.2, 0) is 16.0 Å². The molecule has 0 aromatic heterocycles. The Hall–Kier alpha value is -0.730. The molecule has 1 aromatic rings. The lowest BCUT2D eigenvalue weighted by Crippen LogP contribution is -2.28. The van der Waals surface area contributed by atoms with Crippen molar-refractivity contribution in [3.63, 3.8) is 0 Å². The fraction of sp³-hybridized carbons (Fsp3) is 0.667. The third kappa shape index (κ3) is 6.49. The minimum absolute atomic E-state index is 0.110. The van der Waals surface area contributed by atoms with Crippen LogP contribution in [0.5, 0.6) is 0 Å². The molecule has 1 aliphatic carbocycles. The predicted molar refractivity (Wildman–Crippen MR) is 105 cm³/mol. The highest BCUT2D eigenvalue weighted by Crippen LogP contribution is 2.33. The smallest absolute Gasteiger partial charge is 0.309 e. The quantitative estimate of drug-likeness (QED) is 0.538. The molecule has 0 N–H and O–H groups in total. The number of hydrogen-bond acceptors (Lipinski definition) is 2. The van der Waals surface area contributed by atoms with E-state index in [4.69, 9.17) is 27.9 Å². The molecule has 0 amide bonds. The van der Waals surface area contributed by atoms with Crippen molar-refractivity contribution >= 4 is 29.2 Å². The second kappa shape index (κ2) is 10.4. The zero-order valence-corrected chi connectivity index (χ0v) is 16.9. The summed E-state index contributed by atoms with van der Waals surface area (Å²) < 4.78 is 5.14. The van der Waals surface area contributed by atoms with Crippen LogP contribution in [0.4, 0.5) is 0 Å². The minimum atomic E-state index is -0.126. The number of rotatable bonds is 4. The van der Waals surface area contributed by atoms with Crippen LogP contribution < -0.4 is 0 Å². The molecule has 1 unspecified atom stereocenters. The number of benzene rings is 1. The first kappa shape index (κ1) is 20.6. The van der Waals surface area contributed by atoms with Gasteiger partial charge in [-0.2, -0.15) is 0 Å². The first-order valence-corrected chi connectivity index (χ1v) is 10.3. The van der Waals surface area contributed by atoms with Crippen LogP contribution >= 0.6 is 23.2 Å². The Balaban J connectivity index is 2.14. The van der Waals surface area contributed by atoms with Crippen molar-refractivity contribution in [1.82, 2.24) is 0 Å². The van der Waals surface area contributed by atoms with Crippen molar-refractivity contribution in [2.45, 2.75) is 64.7 Å². The van der Waals surface area contributed by atoms with E-state index in [1.807, 2.05) is 12.1 Å². The molecule has 0 heterocycles. The van der Waals surface area contributed by atoms with Gasteiger partial charge in [0.1, 0.15) is 0 Å². The Bertz CT molecular complexity index is 559. The van der Waals surface area contributed by atoms with Gasteiger partial charge in [0.2, 0.25) is 0 Å². The van der Waals surface area contributed by atoms with Crippen molar-refractivity contribution in [1.29, 1.82) is 0 Å². The number of carbonyl (C=O) groups is 1. The molecule has 1 aromatic carbocycles. The second-order valence-electron chi connectivity index (χ2n) is 7.50. The Morgan fingerprint density at radius 2 is 1.80 bits per heavy atom. The summed E-state index contributed by atoms with van der Waals surface area (Å²) in [4.78, 5) is 12.5. The molecular formula is C21H30Cl2O2. The molecule has 4 heteroatoms. The van der Waals surface area contributed by atoms with Crippen molar-refractivity contribution in [2.75, 3.05) is 7.11 Å². The largest absolute Gasteiger partial charge is 0.469 e. The summed E-state index contributed by atoms with van der Waals surface area (Å²) >= 11 is 12.4. The molecule has 0 bridgehead atoms. The minimum Gasteiger partial charge on any atom is -0.469 e. The molecule has 140 valence electrons. The van der Waals surface area contributed by atoms with Crippen molar-refractivity contribution in [3.8, 4) is 0 Å². The van der Waals surface area contributed by atoms with Crippen LogP contribution in [0.25, 0.3) is 0 Å². The molecule has 0 radical (unpaired) electrons. The van der Waals surface area contributed by atoms with Gasteiger partial charge < -0.3 is 4.74 Å². The van der Waals surface area contributed by atoms with Gasteiger partial charge in [0.25, 0.3) is 0 Å². The lowest BCUT2D eigenvalue weighted by atomic mass is 9.78. The number of carbonyl (C=O) groups excluding carboxylic acids is 1. The van der Waals surface area contributed by atoms with Crippen molar-refractivity contribution in [3.05, 3.63) is 33.8 Å². The fourth-order valence-corrected chi connectivity index (χ4v) is 4.50. The van der Waals surface area contributed by atoms with Crippen LogP contribution in [0.2, 0.25) is 10.0 Å². The molecule has 1 saturated carbocycles. The molecule has 1 aliphatic rings. The standard InChI is InChI=1S/C21H30Cl2O2/c1-15-7-4-3-5-9-16(10-6-8-15)19(21(24)25-2)13-17-11-12-18(22)14-20(17)23/h11-12,14-16,19H,3-10,13H2,1-2H3/t15-,16?,19-/m1/s1. The summed E-state index contributed by atoms with van der Waals surface area (Å²) in [6.45, 7) is 2.35. The Kier molecular flexibility index (Phi) is 8.58. The van der Waals surface area contributed by atoms with E-state index >= 15 is 0 Å². The van der Waals surface area contributed by atoms with Crippen LogP contribution in [0, 0.1) is 17.8 Å². The van der Waals surface area contributed by atoms with Crippen LogP contribution in [-0.4, -0.2) is 13.1 Å². The molecule has 1 fully saturated rings. The molecule has 3 atom stereocenters. The average molecular weight is 385 g/mol. The normalized spacial score (nSPS) is 23.7. The van der Waals surface area contributed by atoms with Gasteiger partial charge in [-0.05, 0) is 48.8 Å². The lowest BCUT2D eigenvalue weighted by Gasteiger charge is -2.27. The SMILES string of the molecule is COC(=O)[C@H](Cc1ccc(Cl)cc1Cl)C1CCCCC[C@@H](C)CCC1. The first-order chi connectivity index (χ1) is 12.0. The zero-order chi connectivity index (χ0) is 18.2. The van der Waals surface area contributed by atoms with E-state index < -0.39 is 0 Å². The molecule has 0 spiro atoms. The summed E-state index contributed by atoms with van der Waals surface area (Å²) in [7, 11) is 1.49. The Labute approximate surface area is 162 Å². The summed E-state index contributed by atoms with van der Waals surface area (Å²) in [6, 6.07) is 5.52. The summed E-state index contributed by atoms with van der Waals surface area (Å²) in [5.41, 5.74) is 0.979. The number of hydrogen-bond donors (Lipinski definition) is 0. The zero-order valence-electron chi connectivity index (χ0n) is 15.4. The van der Waals surface area contributed by atoms with Gasteiger partial charge in [0, 0.05) is 10.0 Å². The Morgan fingerprint density at radius 3 is 2.52 bits per heavy atom. The van der Waals surface area contributed by atoms with Crippen LogP contribution in [0.3, 0.4) is 0 Å². The molecule has 2 nitrogen and oxygen atoms in total. The summed E-state index contributed by atoms with van der Waals surface area (Å²) in [6.07, 6.45) is 10.4. The maximum Gasteiger partial charge on any atom is 0.309 e. The summed E-state index contributed by atoms with van der Waals surface area (Å²) in [5.74, 6) is 0.921. The van der Waals surface area contributed by atoms with Gasteiger partial charge >= 0.3 is 5.97 Å². The number of esters is 1. The number of halogens is 2. The van der Waals surface area contributed by atoms with E-state index in [1.54, 1.807) is 6.07 Å². The van der Waals surface area contributed by atoms with E-state index in [0.717, 1.165) is 24.3 Å². The highest BCUT2D eigenvalue weighted by atomic mass is 35.5. The van der Waals surface area contributed by atoms with Gasteiger partial charge in [0.05, 0.1) is 13.0 Å². The maximum absolute atomic E-state index is 12.5. The van der Waals surface area contributed by atoms with Gasteiger partial charge in [-0.15, -0.1) is 0 Å². The van der Waals surface area contributed by atoms with E-state index in [2.05, 4.69) is 6.92 Å².